The summed E-state index contributed by atoms with van der Waals surface area (Å²) in [5.41, 5.74) is 2.24. The molecule has 1 aromatic carbocycles. The van der Waals surface area contributed by atoms with Crippen LogP contribution in [0.5, 0.6) is 0 Å². The van der Waals surface area contributed by atoms with Crippen LogP contribution in [0.15, 0.2) is 45.5 Å². The molecular weight excluding hydrogens is 267 g/mol. The van der Waals surface area contributed by atoms with Gasteiger partial charge in [-0.2, -0.15) is 11.3 Å². The molecule has 2 aromatic rings. The predicted molar refractivity (Wildman–Crippen MR) is 73.8 cm³/mol. The van der Waals surface area contributed by atoms with Gasteiger partial charge in [0, 0.05) is 21.8 Å². The number of halogens is 1. The number of Topliss-reactive ketones (excluding diaryl/α,β-unsaturated/α-hetero) is 1. The monoisotopic (exact) mass is 276 g/mol. The molecule has 0 bridgehead atoms. The molecular formula is C14H9FOS2. The van der Waals surface area contributed by atoms with Crippen LogP contribution in [0, 0.1) is 5.82 Å². The van der Waals surface area contributed by atoms with Crippen molar-refractivity contribution in [1.29, 1.82) is 0 Å². The van der Waals surface area contributed by atoms with Crippen molar-refractivity contribution < 1.29 is 9.18 Å². The van der Waals surface area contributed by atoms with E-state index in [0.29, 0.717) is 11.3 Å². The summed E-state index contributed by atoms with van der Waals surface area (Å²) in [5.74, 6) is 0.224. The third kappa shape index (κ3) is 2.13. The highest BCUT2D eigenvalue weighted by Crippen LogP contribution is 2.33. The minimum atomic E-state index is -0.362. The minimum absolute atomic E-state index is 0.0607. The van der Waals surface area contributed by atoms with Crippen LogP contribution in [0.4, 0.5) is 4.39 Å². The molecule has 1 nitrogen and oxygen atoms in total. The summed E-state index contributed by atoms with van der Waals surface area (Å²) in [4.78, 5) is 13.1. The number of hydrogen-bond donors (Lipinski definition) is 0. The van der Waals surface area contributed by atoms with Gasteiger partial charge < -0.3 is 0 Å². The Labute approximate surface area is 112 Å². The molecule has 1 aliphatic rings. The maximum atomic E-state index is 13.2. The van der Waals surface area contributed by atoms with Gasteiger partial charge in [0.15, 0.2) is 5.78 Å². The number of rotatable bonds is 1. The molecule has 0 spiro atoms. The molecule has 0 aliphatic carbocycles. The fourth-order valence-electron chi connectivity index (χ4n) is 1.87. The predicted octanol–water partition coefficient (Wildman–Crippen LogP) is 4.26. The average Bonchev–Trinajstić information content (AvgIpc) is 2.86. The first kappa shape index (κ1) is 11.7. The Morgan fingerprint density at radius 1 is 1.28 bits per heavy atom. The third-order valence-corrected chi connectivity index (χ3v) is 4.57. The number of thiophene rings is 1. The van der Waals surface area contributed by atoms with Gasteiger partial charge in [-0.3, -0.25) is 4.79 Å². The van der Waals surface area contributed by atoms with E-state index >= 15 is 0 Å². The first-order valence-electron chi connectivity index (χ1n) is 5.44. The Bertz CT molecular complexity index is 629. The van der Waals surface area contributed by atoms with Crippen molar-refractivity contribution >= 4 is 35.0 Å². The molecule has 0 atom stereocenters. The maximum Gasteiger partial charge on any atom is 0.191 e. The number of carbonyl (C=O) groups is 1. The second-order valence-corrected chi connectivity index (χ2v) is 5.78. The molecule has 0 saturated heterocycles. The number of hydrogen-bond acceptors (Lipinski definition) is 3. The Morgan fingerprint density at radius 2 is 2.17 bits per heavy atom. The van der Waals surface area contributed by atoms with Gasteiger partial charge in [-0.25, -0.2) is 4.39 Å². The molecule has 1 aromatic heterocycles. The van der Waals surface area contributed by atoms with E-state index in [-0.39, 0.29) is 11.6 Å². The van der Waals surface area contributed by atoms with E-state index < -0.39 is 0 Å². The molecule has 0 amide bonds. The first-order valence-corrected chi connectivity index (χ1v) is 7.37. The van der Waals surface area contributed by atoms with Crippen LogP contribution in [0.3, 0.4) is 0 Å². The van der Waals surface area contributed by atoms with Crippen LogP contribution in [-0.2, 0) is 0 Å². The van der Waals surface area contributed by atoms with E-state index in [1.165, 1.54) is 12.1 Å². The normalized spacial score (nSPS) is 16.9. The zero-order valence-corrected chi connectivity index (χ0v) is 11.0. The summed E-state index contributed by atoms with van der Waals surface area (Å²) in [7, 11) is 0. The number of thioether (sulfide) groups is 1. The van der Waals surface area contributed by atoms with E-state index in [2.05, 4.69) is 0 Å². The number of fused-ring (bicyclic) bond motifs is 1. The SMILES string of the molecule is O=C1/C(=C/c2ccsc2)CSc2ccc(F)cc21. The second kappa shape index (κ2) is 4.71. The lowest BCUT2D eigenvalue weighted by Gasteiger charge is -2.16. The molecule has 3 rings (SSSR count). The van der Waals surface area contributed by atoms with Crippen LogP contribution >= 0.6 is 23.1 Å². The number of carbonyl (C=O) groups excluding carboxylic acids is 1. The van der Waals surface area contributed by atoms with Gasteiger partial charge in [-0.15, -0.1) is 11.8 Å². The highest BCUT2D eigenvalue weighted by Gasteiger charge is 2.22. The maximum absolute atomic E-state index is 13.2. The molecule has 18 heavy (non-hydrogen) atoms. The highest BCUT2D eigenvalue weighted by atomic mass is 32.2. The van der Waals surface area contributed by atoms with E-state index in [1.807, 2.05) is 22.9 Å². The lowest BCUT2D eigenvalue weighted by molar-refractivity contribution is 0.103. The summed E-state index contributed by atoms with van der Waals surface area (Å²) >= 11 is 3.17. The van der Waals surface area contributed by atoms with Gasteiger partial charge in [0.1, 0.15) is 5.82 Å². The molecule has 90 valence electrons. The van der Waals surface area contributed by atoms with Crippen molar-refractivity contribution in [3.8, 4) is 0 Å². The van der Waals surface area contributed by atoms with Gasteiger partial charge in [-0.05, 0) is 46.7 Å². The van der Waals surface area contributed by atoms with Crippen LogP contribution in [-0.4, -0.2) is 11.5 Å². The van der Waals surface area contributed by atoms with Crippen LogP contribution in [0.1, 0.15) is 15.9 Å². The van der Waals surface area contributed by atoms with E-state index in [1.54, 1.807) is 29.2 Å². The van der Waals surface area contributed by atoms with Crippen molar-refractivity contribution in [3.63, 3.8) is 0 Å². The van der Waals surface area contributed by atoms with Crippen molar-refractivity contribution in [1.82, 2.24) is 0 Å². The Morgan fingerprint density at radius 3 is 2.94 bits per heavy atom. The number of ketones is 1. The molecule has 0 saturated carbocycles. The largest absolute Gasteiger partial charge is 0.289 e. The van der Waals surface area contributed by atoms with Crippen molar-refractivity contribution in [2.24, 2.45) is 0 Å². The lowest BCUT2D eigenvalue weighted by Crippen LogP contribution is -2.12. The summed E-state index contributed by atoms with van der Waals surface area (Å²) < 4.78 is 13.2. The Hall–Kier alpha value is -1.39. The molecule has 0 fully saturated rings. The van der Waals surface area contributed by atoms with Gasteiger partial charge in [0.25, 0.3) is 0 Å². The van der Waals surface area contributed by atoms with Crippen LogP contribution in [0.2, 0.25) is 0 Å². The van der Waals surface area contributed by atoms with E-state index in [0.717, 1.165) is 16.0 Å². The standard InChI is InChI=1S/C14H9FOS2/c15-11-1-2-13-12(6-11)14(16)10(8-18-13)5-9-3-4-17-7-9/h1-7H,8H2/b10-5+. The Kier molecular flexibility index (Phi) is 3.06. The topological polar surface area (TPSA) is 17.1 Å². The zero-order chi connectivity index (χ0) is 12.5. The van der Waals surface area contributed by atoms with Gasteiger partial charge in [-0.1, -0.05) is 0 Å². The molecule has 1 aliphatic heterocycles. The fourth-order valence-corrected chi connectivity index (χ4v) is 3.48. The average molecular weight is 276 g/mol. The fraction of sp³-hybridized carbons (Fsp3) is 0.0714. The van der Waals surface area contributed by atoms with Gasteiger partial charge in [0.2, 0.25) is 0 Å². The quantitative estimate of drug-likeness (QED) is 0.724. The summed E-state index contributed by atoms with van der Waals surface area (Å²) in [6, 6.07) is 6.36. The highest BCUT2D eigenvalue weighted by molar-refractivity contribution is 7.99. The van der Waals surface area contributed by atoms with Crippen molar-refractivity contribution in [2.75, 3.05) is 5.75 Å². The number of benzene rings is 1. The third-order valence-electron chi connectivity index (χ3n) is 2.75. The van der Waals surface area contributed by atoms with E-state index in [9.17, 15) is 9.18 Å². The summed E-state index contributed by atoms with van der Waals surface area (Å²) in [6.07, 6.45) is 1.89. The van der Waals surface area contributed by atoms with Gasteiger partial charge in [0.05, 0.1) is 0 Å². The van der Waals surface area contributed by atoms with Crippen LogP contribution < -0.4 is 0 Å². The summed E-state index contributed by atoms with van der Waals surface area (Å²) in [6.45, 7) is 0. The Balaban J connectivity index is 2.01. The first-order chi connectivity index (χ1) is 8.74. The van der Waals surface area contributed by atoms with Gasteiger partial charge >= 0.3 is 0 Å². The molecule has 0 radical (unpaired) electrons. The lowest BCUT2D eigenvalue weighted by atomic mass is 10.0. The smallest absolute Gasteiger partial charge is 0.191 e. The molecule has 0 unspecified atom stereocenters. The zero-order valence-electron chi connectivity index (χ0n) is 9.35. The van der Waals surface area contributed by atoms with Crippen LogP contribution in [0.25, 0.3) is 6.08 Å². The second-order valence-electron chi connectivity index (χ2n) is 3.98. The molecule has 2 heterocycles. The molecule has 0 N–H and O–H groups in total. The van der Waals surface area contributed by atoms with E-state index in [4.69, 9.17) is 0 Å². The minimum Gasteiger partial charge on any atom is -0.289 e. The summed E-state index contributed by atoms with van der Waals surface area (Å²) in [5, 5.41) is 3.96. The van der Waals surface area contributed by atoms with Crippen molar-refractivity contribution in [2.45, 2.75) is 4.90 Å². The molecule has 4 heteroatoms. The van der Waals surface area contributed by atoms with Crippen molar-refractivity contribution in [3.05, 3.63) is 57.5 Å².